The van der Waals surface area contributed by atoms with Gasteiger partial charge in [0, 0.05) is 4.90 Å². The monoisotopic (exact) mass is 405 g/mol. The van der Waals surface area contributed by atoms with E-state index in [2.05, 4.69) is 20.8 Å². The zero-order valence-electron chi connectivity index (χ0n) is 14.2. The Morgan fingerprint density at radius 1 is 1.18 bits per heavy atom. The van der Waals surface area contributed by atoms with Crippen LogP contribution in [0.3, 0.4) is 0 Å². The Hall–Kier alpha value is -3.34. The summed E-state index contributed by atoms with van der Waals surface area (Å²) in [5, 5.41) is 13.2. The maximum Gasteiger partial charge on any atom is 0.338 e. The van der Waals surface area contributed by atoms with Crippen molar-refractivity contribution in [1.29, 1.82) is 0 Å². The second kappa shape index (κ2) is 9.04. The first-order chi connectivity index (χ1) is 13.5. The summed E-state index contributed by atoms with van der Waals surface area (Å²) in [6.07, 6.45) is 1.37. The van der Waals surface area contributed by atoms with Crippen LogP contribution in [0.4, 0.5) is 14.5 Å². The van der Waals surface area contributed by atoms with Gasteiger partial charge in [-0.15, -0.1) is 5.10 Å². The van der Waals surface area contributed by atoms with Gasteiger partial charge < -0.3 is 10.1 Å². The van der Waals surface area contributed by atoms with Crippen molar-refractivity contribution in [3.63, 3.8) is 0 Å². The summed E-state index contributed by atoms with van der Waals surface area (Å²) in [6, 6.07) is 12.5. The first kappa shape index (κ1) is 19.4. The molecule has 1 N–H and O–H groups in total. The molecule has 0 atom stereocenters. The van der Waals surface area contributed by atoms with Crippen molar-refractivity contribution < 1.29 is 23.1 Å². The number of amides is 1. The fraction of sp³-hybridized carbons (Fsp3) is 0.118. The van der Waals surface area contributed by atoms with Crippen LogP contribution in [0.5, 0.6) is 0 Å². The lowest BCUT2D eigenvalue weighted by atomic mass is 10.2. The van der Waals surface area contributed by atoms with E-state index in [0.29, 0.717) is 17.4 Å². The minimum absolute atomic E-state index is 0.203. The topological polar surface area (TPSA) is 99.0 Å². The summed E-state index contributed by atoms with van der Waals surface area (Å²) in [4.78, 5) is 24.4. The van der Waals surface area contributed by atoms with E-state index in [1.54, 1.807) is 24.3 Å². The van der Waals surface area contributed by atoms with Crippen LogP contribution in [0.25, 0.3) is 5.69 Å². The molecular formula is C17H13F2N5O3S. The summed E-state index contributed by atoms with van der Waals surface area (Å²) in [6.45, 7) is -0.568. The number of ether oxygens (including phenoxy) is 1. The molecule has 0 radical (unpaired) electrons. The lowest BCUT2D eigenvalue weighted by Gasteiger charge is -2.11. The molecule has 0 unspecified atom stereocenters. The molecule has 0 bridgehead atoms. The number of nitrogens with one attached hydrogen (secondary N) is 1. The number of rotatable bonds is 7. The number of carbonyl (C=O) groups excluding carboxylic acids is 2. The average molecular weight is 405 g/mol. The molecule has 0 saturated heterocycles. The Balaban J connectivity index is 1.59. The van der Waals surface area contributed by atoms with E-state index < -0.39 is 24.2 Å². The van der Waals surface area contributed by atoms with Crippen LogP contribution in [0.2, 0.25) is 0 Å². The standard InChI is InChI=1S/C17H13F2N5O3S/c18-17(19)28-14-7-2-1-6-13(14)21-15(25)9-27-16(26)11-4-3-5-12(8-11)24-10-20-22-23-24/h1-8,10,17H,9H2,(H,21,25). The summed E-state index contributed by atoms with van der Waals surface area (Å²) < 4.78 is 31.5. The molecule has 2 aromatic carbocycles. The molecule has 0 saturated carbocycles. The van der Waals surface area contributed by atoms with E-state index in [1.165, 1.54) is 35.3 Å². The molecule has 0 aliphatic rings. The van der Waals surface area contributed by atoms with Gasteiger partial charge in [0.05, 0.1) is 16.9 Å². The number of nitrogens with zero attached hydrogens (tertiary/aromatic N) is 4. The normalized spacial score (nSPS) is 10.7. The molecule has 11 heteroatoms. The lowest BCUT2D eigenvalue weighted by Crippen LogP contribution is -2.21. The van der Waals surface area contributed by atoms with Gasteiger partial charge in [-0.1, -0.05) is 30.0 Å². The first-order valence-corrected chi connectivity index (χ1v) is 8.75. The second-order valence-electron chi connectivity index (χ2n) is 5.30. The third-order valence-electron chi connectivity index (χ3n) is 3.41. The second-order valence-corrected chi connectivity index (χ2v) is 6.34. The Morgan fingerprint density at radius 3 is 2.75 bits per heavy atom. The van der Waals surface area contributed by atoms with E-state index in [9.17, 15) is 18.4 Å². The summed E-state index contributed by atoms with van der Waals surface area (Å²) >= 11 is 0.314. The van der Waals surface area contributed by atoms with Crippen LogP contribution >= 0.6 is 11.8 Å². The average Bonchev–Trinajstić information content (AvgIpc) is 3.22. The van der Waals surface area contributed by atoms with Crippen LogP contribution in [0.15, 0.2) is 59.8 Å². The van der Waals surface area contributed by atoms with Gasteiger partial charge in [0.25, 0.3) is 11.7 Å². The smallest absolute Gasteiger partial charge is 0.338 e. The number of carbonyl (C=O) groups is 2. The number of aromatic nitrogens is 4. The first-order valence-electron chi connectivity index (χ1n) is 7.87. The molecule has 3 rings (SSSR count). The predicted molar refractivity (Wildman–Crippen MR) is 96.4 cm³/mol. The number of esters is 1. The Labute approximate surface area is 161 Å². The van der Waals surface area contributed by atoms with Crippen LogP contribution in [-0.4, -0.2) is 44.4 Å². The third kappa shape index (κ3) is 5.10. The molecule has 1 aromatic heterocycles. The molecule has 0 aliphatic carbocycles. The van der Waals surface area contributed by atoms with Crippen LogP contribution in [0, 0.1) is 0 Å². The zero-order chi connectivity index (χ0) is 19.9. The number of thioether (sulfide) groups is 1. The van der Waals surface area contributed by atoms with Crippen LogP contribution in [-0.2, 0) is 9.53 Å². The minimum Gasteiger partial charge on any atom is -0.452 e. The molecule has 144 valence electrons. The summed E-state index contributed by atoms with van der Waals surface area (Å²) in [5.41, 5.74) is 0.964. The van der Waals surface area contributed by atoms with Gasteiger partial charge >= 0.3 is 5.97 Å². The van der Waals surface area contributed by atoms with E-state index >= 15 is 0 Å². The molecule has 1 heterocycles. The highest BCUT2D eigenvalue weighted by atomic mass is 32.2. The number of halogens is 2. The van der Waals surface area contributed by atoms with Crippen LogP contribution < -0.4 is 5.32 Å². The molecule has 28 heavy (non-hydrogen) atoms. The SMILES string of the molecule is O=C(COC(=O)c1cccc(-n2cnnn2)c1)Nc1ccccc1SC(F)F. The number of para-hydroxylation sites is 1. The van der Waals surface area contributed by atoms with Crippen molar-refractivity contribution in [2.45, 2.75) is 10.7 Å². The van der Waals surface area contributed by atoms with Crippen molar-refractivity contribution in [2.75, 3.05) is 11.9 Å². The maximum atomic E-state index is 12.6. The number of hydrogen-bond acceptors (Lipinski definition) is 7. The number of tetrazole rings is 1. The molecule has 1 amide bonds. The maximum absolute atomic E-state index is 12.6. The Bertz CT molecular complexity index is 969. The van der Waals surface area contributed by atoms with Crippen molar-refractivity contribution in [3.05, 3.63) is 60.4 Å². The minimum atomic E-state index is -2.62. The molecule has 3 aromatic rings. The highest BCUT2D eigenvalue weighted by molar-refractivity contribution is 7.99. The van der Waals surface area contributed by atoms with Gasteiger partial charge in [-0.2, -0.15) is 8.78 Å². The van der Waals surface area contributed by atoms with Gasteiger partial charge in [0.2, 0.25) is 0 Å². The Kier molecular flexibility index (Phi) is 6.27. The van der Waals surface area contributed by atoms with E-state index in [-0.39, 0.29) is 16.1 Å². The van der Waals surface area contributed by atoms with E-state index in [4.69, 9.17) is 4.74 Å². The molecule has 0 spiro atoms. The summed E-state index contributed by atoms with van der Waals surface area (Å²) in [7, 11) is 0. The van der Waals surface area contributed by atoms with Gasteiger partial charge in [-0.05, 0) is 40.8 Å². The van der Waals surface area contributed by atoms with Gasteiger partial charge in [-0.25, -0.2) is 9.48 Å². The lowest BCUT2D eigenvalue weighted by molar-refractivity contribution is -0.119. The van der Waals surface area contributed by atoms with Crippen molar-refractivity contribution in [3.8, 4) is 5.69 Å². The number of anilines is 1. The number of benzene rings is 2. The quantitative estimate of drug-likeness (QED) is 0.477. The van der Waals surface area contributed by atoms with Crippen molar-refractivity contribution in [1.82, 2.24) is 20.2 Å². The van der Waals surface area contributed by atoms with Gasteiger partial charge in [0.15, 0.2) is 6.61 Å². The molecule has 8 nitrogen and oxygen atoms in total. The summed E-state index contributed by atoms with van der Waals surface area (Å²) in [5.74, 6) is -3.99. The fourth-order valence-corrected chi connectivity index (χ4v) is 2.82. The number of hydrogen-bond donors (Lipinski definition) is 1. The van der Waals surface area contributed by atoms with Crippen molar-refractivity contribution in [2.24, 2.45) is 0 Å². The Morgan fingerprint density at radius 2 is 2.00 bits per heavy atom. The van der Waals surface area contributed by atoms with E-state index in [1.807, 2.05) is 0 Å². The number of alkyl halides is 2. The third-order valence-corrected chi connectivity index (χ3v) is 4.20. The molecular weight excluding hydrogens is 392 g/mol. The zero-order valence-corrected chi connectivity index (χ0v) is 15.0. The van der Waals surface area contributed by atoms with E-state index in [0.717, 1.165) is 0 Å². The molecule has 0 aliphatic heterocycles. The van der Waals surface area contributed by atoms with Crippen LogP contribution in [0.1, 0.15) is 10.4 Å². The highest BCUT2D eigenvalue weighted by Gasteiger charge is 2.14. The largest absolute Gasteiger partial charge is 0.452 e. The fourth-order valence-electron chi connectivity index (χ4n) is 2.22. The molecule has 0 fully saturated rings. The highest BCUT2D eigenvalue weighted by Crippen LogP contribution is 2.31. The van der Waals surface area contributed by atoms with Gasteiger partial charge in [-0.3, -0.25) is 4.79 Å². The van der Waals surface area contributed by atoms with Crippen molar-refractivity contribution >= 4 is 29.3 Å². The predicted octanol–water partition coefficient (Wildman–Crippen LogP) is 2.77. The van der Waals surface area contributed by atoms with Gasteiger partial charge in [0.1, 0.15) is 6.33 Å².